The second-order valence-electron chi connectivity index (χ2n) is 3.62. The minimum Gasteiger partial charge on any atom is -0.457 e. The van der Waals surface area contributed by atoms with Crippen LogP contribution in [0, 0.1) is 0 Å². The maximum absolute atomic E-state index is 11.6. The summed E-state index contributed by atoms with van der Waals surface area (Å²) < 4.78 is 5.45. The van der Waals surface area contributed by atoms with Gasteiger partial charge in [-0.2, -0.15) is 5.10 Å². The van der Waals surface area contributed by atoms with E-state index in [9.17, 15) is 9.59 Å². The van der Waals surface area contributed by atoms with E-state index in [0.29, 0.717) is 29.0 Å². The Hall–Kier alpha value is -2.09. The topological polar surface area (TPSA) is 100 Å². The Bertz CT molecular complexity index is 564. The maximum Gasteiger partial charge on any atom is 0.269 e. The summed E-state index contributed by atoms with van der Waals surface area (Å²) in [5.41, 5.74) is 0.803. The smallest absolute Gasteiger partial charge is 0.269 e. The molecule has 3 N–H and O–H groups in total. The Balaban J connectivity index is 1.70. The largest absolute Gasteiger partial charge is 0.457 e. The number of amides is 2. The first-order valence-corrected chi connectivity index (χ1v) is 6.26. The second-order valence-corrected chi connectivity index (χ2v) is 4.40. The first-order chi connectivity index (χ1) is 9.16. The highest BCUT2D eigenvalue weighted by Crippen LogP contribution is 2.13. The molecule has 0 spiro atoms. The Morgan fingerprint density at radius 1 is 1.32 bits per heavy atom. The van der Waals surface area contributed by atoms with Crippen molar-refractivity contribution in [3.63, 3.8) is 0 Å². The second kappa shape index (κ2) is 6.19. The van der Waals surface area contributed by atoms with Crippen molar-refractivity contribution in [2.45, 2.75) is 0 Å². The lowest BCUT2D eigenvalue weighted by Gasteiger charge is -2.04. The summed E-state index contributed by atoms with van der Waals surface area (Å²) in [7, 11) is 0. The summed E-state index contributed by atoms with van der Waals surface area (Å²) in [5.74, 6) is -0.525. The number of furan rings is 1. The van der Waals surface area contributed by atoms with Crippen molar-refractivity contribution in [1.29, 1.82) is 0 Å². The van der Waals surface area contributed by atoms with Crippen molar-refractivity contribution in [3.05, 3.63) is 40.5 Å². The van der Waals surface area contributed by atoms with Gasteiger partial charge in [0.05, 0.1) is 5.56 Å². The van der Waals surface area contributed by atoms with Crippen LogP contribution < -0.4 is 10.6 Å². The van der Waals surface area contributed by atoms with Gasteiger partial charge in [-0.1, -0.05) is 0 Å². The van der Waals surface area contributed by atoms with Crippen LogP contribution in [0.25, 0.3) is 0 Å². The molecule has 2 aromatic heterocycles. The summed E-state index contributed by atoms with van der Waals surface area (Å²) in [6, 6.07) is 3.13. The number of halogens is 1. The van der Waals surface area contributed by atoms with Crippen molar-refractivity contribution in [3.8, 4) is 0 Å². The van der Waals surface area contributed by atoms with E-state index in [-0.39, 0.29) is 11.8 Å². The minimum atomic E-state index is -0.266. The zero-order chi connectivity index (χ0) is 13.7. The van der Waals surface area contributed by atoms with Gasteiger partial charge >= 0.3 is 0 Å². The van der Waals surface area contributed by atoms with Crippen molar-refractivity contribution >= 4 is 27.7 Å². The molecule has 0 aliphatic carbocycles. The molecule has 0 saturated heterocycles. The van der Waals surface area contributed by atoms with Crippen LogP contribution in [-0.2, 0) is 0 Å². The summed E-state index contributed by atoms with van der Waals surface area (Å²) in [5, 5.41) is 11.5. The molecular formula is C11H11BrN4O3. The van der Waals surface area contributed by atoms with Gasteiger partial charge in [-0.25, -0.2) is 0 Å². The van der Waals surface area contributed by atoms with Crippen LogP contribution in [-0.4, -0.2) is 35.1 Å². The van der Waals surface area contributed by atoms with Crippen molar-refractivity contribution in [2.75, 3.05) is 13.1 Å². The average molecular weight is 327 g/mol. The molecular weight excluding hydrogens is 316 g/mol. The van der Waals surface area contributed by atoms with Crippen LogP contribution in [0.4, 0.5) is 0 Å². The van der Waals surface area contributed by atoms with Gasteiger partial charge in [0.2, 0.25) is 0 Å². The molecule has 0 aliphatic heterocycles. The van der Waals surface area contributed by atoms with Gasteiger partial charge in [-0.3, -0.25) is 14.7 Å². The van der Waals surface area contributed by atoms with Crippen molar-refractivity contribution < 1.29 is 14.0 Å². The van der Waals surface area contributed by atoms with E-state index in [2.05, 4.69) is 36.8 Å². The molecule has 19 heavy (non-hydrogen) atoms. The van der Waals surface area contributed by atoms with Crippen LogP contribution in [0.5, 0.6) is 0 Å². The minimum absolute atomic E-state index is 0.259. The van der Waals surface area contributed by atoms with Crippen LogP contribution in [0.2, 0.25) is 0 Å². The van der Waals surface area contributed by atoms with E-state index in [1.165, 1.54) is 12.5 Å². The predicted molar refractivity (Wildman–Crippen MR) is 69.7 cm³/mol. The molecule has 0 radical (unpaired) electrons. The summed E-state index contributed by atoms with van der Waals surface area (Å²) in [6.45, 7) is 0.643. The summed E-state index contributed by atoms with van der Waals surface area (Å²) in [4.78, 5) is 23.1. The highest BCUT2D eigenvalue weighted by molar-refractivity contribution is 9.10. The molecule has 0 saturated carbocycles. The first kappa shape index (κ1) is 13.3. The number of rotatable bonds is 5. The normalized spacial score (nSPS) is 10.2. The van der Waals surface area contributed by atoms with E-state index >= 15 is 0 Å². The number of aromatic amines is 1. The van der Waals surface area contributed by atoms with Crippen LogP contribution >= 0.6 is 15.9 Å². The number of H-pyrrole nitrogens is 1. The van der Waals surface area contributed by atoms with E-state index in [4.69, 9.17) is 4.42 Å². The van der Waals surface area contributed by atoms with Crippen LogP contribution in [0.15, 0.2) is 33.7 Å². The predicted octanol–water partition coefficient (Wildman–Crippen LogP) is 0.925. The van der Waals surface area contributed by atoms with E-state index < -0.39 is 0 Å². The van der Waals surface area contributed by atoms with Gasteiger partial charge < -0.3 is 15.1 Å². The van der Waals surface area contributed by atoms with Gasteiger partial charge in [0, 0.05) is 25.4 Å². The molecule has 2 amide bonds. The van der Waals surface area contributed by atoms with E-state index in [1.54, 1.807) is 12.1 Å². The van der Waals surface area contributed by atoms with Crippen molar-refractivity contribution in [2.24, 2.45) is 0 Å². The fourth-order valence-corrected chi connectivity index (χ4v) is 1.70. The standard InChI is InChI=1S/C11H11BrN4O3/c12-9-5-7(6-19-9)10(17)13-3-4-14-11(18)8-1-2-15-16-8/h1-2,5-6H,3-4H2,(H,13,17)(H,14,18)(H,15,16). The highest BCUT2D eigenvalue weighted by Gasteiger charge is 2.09. The number of carbonyl (C=O) groups is 2. The third kappa shape index (κ3) is 3.68. The lowest BCUT2D eigenvalue weighted by Crippen LogP contribution is -2.34. The fraction of sp³-hybridized carbons (Fsp3) is 0.182. The zero-order valence-corrected chi connectivity index (χ0v) is 11.4. The molecule has 2 rings (SSSR count). The molecule has 0 aromatic carbocycles. The van der Waals surface area contributed by atoms with Gasteiger partial charge in [-0.05, 0) is 22.0 Å². The van der Waals surface area contributed by atoms with Gasteiger partial charge in [0.25, 0.3) is 11.8 Å². The zero-order valence-electron chi connectivity index (χ0n) is 9.77. The third-order valence-corrected chi connectivity index (χ3v) is 2.69. The van der Waals surface area contributed by atoms with Gasteiger partial charge in [-0.15, -0.1) is 0 Å². The SMILES string of the molecule is O=C(NCCNC(=O)c1ccn[nH]1)c1coc(Br)c1. The number of nitrogens with one attached hydrogen (secondary N) is 3. The number of aromatic nitrogens is 2. The molecule has 0 fully saturated rings. The molecule has 0 unspecified atom stereocenters. The number of hydrogen-bond acceptors (Lipinski definition) is 4. The number of hydrogen-bond donors (Lipinski definition) is 3. The molecule has 0 aliphatic rings. The monoisotopic (exact) mass is 326 g/mol. The Kier molecular flexibility index (Phi) is 4.35. The molecule has 2 aromatic rings. The van der Waals surface area contributed by atoms with Gasteiger partial charge in [0.15, 0.2) is 4.67 Å². The third-order valence-electron chi connectivity index (χ3n) is 2.27. The van der Waals surface area contributed by atoms with E-state index in [0.717, 1.165) is 0 Å². The number of carbonyl (C=O) groups excluding carboxylic acids is 2. The highest BCUT2D eigenvalue weighted by atomic mass is 79.9. The molecule has 8 heteroatoms. The lowest BCUT2D eigenvalue weighted by atomic mass is 10.3. The van der Waals surface area contributed by atoms with Crippen molar-refractivity contribution in [1.82, 2.24) is 20.8 Å². The Morgan fingerprint density at radius 2 is 2.05 bits per heavy atom. The maximum atomic E-state index is 11.6. The fourth-order valence-electron chi connectivity index (χ4n) is 1.36. The molecule has 2 heterocycles. The van der Waals surface area contributed by atoms with Crippen LogP contribution in [0.3, 0.4) is 0 Å². The summed E-state index contributed by atoms with van der Waals surface area (Å²) in [6.07, 6.45) is 2.84. The number of nitrogens with zero attached hydrogens (tertiary/aromatic N) is 1. The molecule has 7 nitrogen and oxygen atoms in total. The van der Waals surface area contributed by atoms with Gasteiger partial charge in [0.1, 0.15) is 12.0 Å². The quantitative estimate of drug-likeness (QED) is 0.711. The lowest BCUT2D eigenvalue weighted by molar-refractivity contribution is 0.0924. The Labute approximate surface area is 116 Å². The molecule has 0 bridgehead atoms. The summed E-state index contributed by atoms with van der Waals surface area (Å²) >= 11 is 3.11. The molecule has 100 valence electrons. The van der Waals surface area contributed by atoms with Crippen LogP contribution in [0.1, 0.15) is 20.8 Å². The average Bonchev–Trinajstić information content (AvgIpc) is 3.04. The molecule has 0 atom stereocenters. The van der Waals surface area contributed by atoms with E-state index in [1.807, 2.05) is 0 Å². The Morgan fingerprint density at radius 3 is 2.63 bits per heavy atom. The first-order valence-electron chi connectivity index (χ1n) is 5.46.